The summed E-state index contributed by atoms with van der Waals surface area (Å²) in [6.07, 6.45) is 8.43. The molecule has 0 heterocycles. The summed E-state index contributed by atoms with van der Waals surface area (Å²) >= 11 is 0. The number of fused-ring (bicyclic) bond motifs is 3. The standard InChI is InChI=1S/C52H46N7.Li/c1-3-35(2)53-47-29-30-49(42-16-8-7-15-41(42)47)56-57-51-33-34-52(46-20-12-11-19-45(46)51)59-58-50-32-31-48(43-17-9-10-18-44(43)50)55-54-40-27-25-39(26-28-40)38-23-21-37(22-24-38)36-13-5-4-6-14-36;/h4,7-12,15-36,53H,3,5-6,13-14H2,1-2H3;/q-1;+1. The molecule has 0 bridgehead atoms. The van der Waals surface area contributed by atoms with Crippen LogP contribution in [0.4, 0.5) is 39.8 Å². The molecular weight excluding hydrogens is 730 g/mol. The second kappa shape index (κ2) is 18.8. The second-order valence-electron chi connectivity index (χ2n) is 15.3. The monoisotopic (exact) mass is 775 g/mol. The second-order valence-corrected chi connectivity index (χ2v) is 15.3. The molecule has 0 saturated heterocycles. The van der Waals surface area contributed by atoms with Crippen molar-refractivity contribution in [1.82, 2.24) is 0 Å². The zero-order chi connectivity index (χ0) is 40.0. The van der Waals surface area contributed by atoms with E-state index in [-0.39, 0.29) is 18.9 Å². The molecule has 0 aliphatic heterocycles. The largest absolute Gasteiger partial charge is 1.00 e. The van der Waals surface area contributed by atoms with E-state index in [4.69, 9.17) is 20.5 Å². The Morgan fingerprint density at radius 1 is 0.483 bits per heavy atom. The van der Waals surface area contributed by atoms with Crippen LogP contribution in [0.1, 0.15) is 57.4 Å². The van der Waals surface area contributed by atoms with Crippen LogP contribution in [0, 0.1) is 6.42 Å². The minimum atomic E-state index is 0. The van der Waals surface area contributed by atoms with Gasteiger partial charge >= 0.3 is 18.9 Å². The third-order valence-corrected chi connectivity index (χ3v) is 11.5. The van der Waals surface area contributed by atoms with Crippen molar-refractivity contribution in [3.63, 3.8) is 0 Å². The molecule has 8 heteroatoms. The molecule has 9 rings (SSSR count). The molecule has 8 aromatic rings. The van der Waals surface area contributed by atoms with Gasteiger partial charge < -0.3 is 11.7 Å². The topological polar surface area (TPSA) is 86.2 Å². The first-order chi connectivity index (χ1) is 29.1. The summed E-state index contributed by atoms with van der Waals surface area (Å²) in [4.78, 5) is 0. The van der Waals surface area contributed by atoms with Gasteiger partial charge in [-0.2, -0.15) is 18.0 Å². The fourth-order valence-corrected chi connectivity index (χ4v) is 8.00. The van der Waals surface area contributed by atoms with Gasteiger partial charge in [-0.1, -0.05) is 129 Å². The fraction of sp³-hybridized carbons (Fsp3) is 0.173. The maximum absolute atomic E-state index is 4.77. The number of hydrogen-bond acceptors (Lipinski definition) is 7. The van der Waals surface area contributed by atoms with Crippen molar-refractivity contribution < 1.29 is 18.9 Å². The van der Waals surface area contributed by atoms with Gasteiger partial charge in [0.15, 0.2) is 0 Å². The van der Waals surface area contributed by atoms with Crippen molar-refractivity contribution in [1.29, 1.82) is 0 Å². The van der Waals surface area contributed by atoms with Crippen LogP contribution in [0.3, 0.4) is 0 Å². The average molecular weight is 776 g/mol. The summed E-state index contributed by atoms with van der Waals surface area (Å²) in [6.45, 7) is 4.38. The fourth-order valence-electron chi connectivity index (χ4n) is 8.00. The summed E-state index contributed by atoms with van der Waals surface area (Å²) in [7, 11) is 0. The third kappa shape index (κ3) is 8.84. The smallest absolute Gasteiger partial charge is 0.382 e. The van der Waals surface area contributed by atoms with E-state index in [9.17, 15) is 0 Å². The van der Waals surface area contributed by atoms with Gasteiger partial charge in [0.1, 0.15) is 0 Å². The van der Waals surface area contributed by atoms with Crippen LogP contribution in [0.25, 0.3) is 43.4 Å². The Morgan fingerprint density at radius 2 is 0.867 bits per heavy atom. The first-order valence-electron chi connectivity index (χ1n) is 20.7. The number of nitrogens with zero attached hydrogens (tertiary/aromatic N) is 6. The van der Waals surface area contributed by atoms with Crippen LogP contribution in [0.15, 0.2) is 188 Å². The molecule has 1 fully saturated rings. The van der Waals surface area contributed by atoms with Gasteiger partial charge in [0.25, 0.3) is 0 Å². The van der Waals surface area contributed by atoms with Crippen LogP contribution in [-0.4, -0.2) is 6.04 Å². The molecule has 60 heavy (non-hydrogen) atoms. The van der Waals surface area contributed by atoms with E-state index in [0.717, 1.165) is 78.5 Å². The van der Waals surface area contributed by atoms with E-state index in [1.54, 1.807) is 0 Å². The first kappa shape index (κ1) is 40.5. The van der Waals surface area contributed by atoms with Crippen molar-refractivity contribution in [2.75, 3.05) is 5.32 Å². The maximum Gasteiger partial charge on any atom is 1.00 e. The number of nitrogens with one attached hydrogen (secondary N) is 1. The number of azo groups is 3. The van der Waals surface area contributed by atoms with Crippen LogP contribution < -0.4 is 24.2 Å². The van der Waals surface area contributed by atoms with Crippen LogP contribution in [0.5, 0.6) is 0 Å². The summed E-state index contributed by atoms with van der Waals surface area (Å²) in [5, 5.41) is 38.0. The molecule has 1 aliphatic rings. The van der Waals surface area contributed by atoms with E-state index in [1.807, 2.05) is 78.9 Å². The Balaban J connectivity index is 0.00000499. The molecule has 0 aromatic heterocycles. The third-order valence-electron chi connectivity index (χ3n) is 11.5. The number of benzene rings is 8. The predicted molar refractivity (Wildman–Crippen MR) is 245 cm³/mol. The molecule has 0 amide bonds. The normalized spacial score (nSPS) is 14.1. The summed E-state index contributed by atoms with van der Waals surface area (Å²) < 4.78 is 0. The summed E-state index contributed by atoms with van der Waals surface area (Å²) in [5.41, 5.74) is 9.60. The Kier molecular flexibility index (Phi) is 12.7. The summed E-state index contributed by atoms with van der Waals surface area (Å²) in [5.74, 6) is 0.682. The van der Waals surface area contributed by atoms with Gasteiger partial charge in [0.2, 0.25) is 0 Å². The van der Waals surface area contributed by atoms with E-state index in [0.29, 0.717) is 12.0 Å². The predicted octanol–water partition coefficient (Wildman–Crippen LogP) is 14.1. The van der Waals surface area contributed by atoms with Crippen LogP contribution in [-0.2, 0) is 0 Å². The van der Waals surface area contributed by atoms with E-state index in [1.165, 1.54) is 42.4 Å². The molecular formula is C52H46LiN7. The minimum absolute atomic E-state index is 0. The molecule has 1 unspecified atom stereocenters. The molecule has 1 atom stereocenters. The summed E-state index contributed by atoms with van der Waals surface area (Å²) in [6, 6.07) is 54.3. The van der Waals surface area contributed by atoms with Gasteiger partial charge in [-0.15, -0.1) is 25.6 Å². The molecule has 1 N–H and O–H groups in total. The maximum atomic E-state index is 4.77. The molecule has 8 aromatic carbocycles. The van der Waals surface area contributed by atoms with E-state index < -0.39 is 0 Å². The quantitative estimate of drug-likeness (QED) is 0.0792. The van der Waals surface area contributed by atoms with E-state index in [2.05, 4.69) is 115 Å². The Bertz CT molecular complexity index is 2840. The van der Waals surface area contributed by atoms with Crippen molar-refractivity contribution in [3.8, 4) is 11.1 Å². The number of hydrogen-bond donors (Lipinski definition) is 1. The van der Waals surface area contributed by atoms with Crippen LogP contribution in [0.2, 0.25) is 0 Å². The van der Waals surface area contributed by atoms with Crippen molar-refractivity contribution in [3.05, 3.63) is 170 Å². The molecule has 0 spiro atoms. The SMILES string of the molecule is CCC(C)Nc1ccc(N=Nc2ccc(N=Nc3ccc(N=Nc4ccc(-c5ccc(C6CC[CH-]CC6)cc5)cc4)c4ccccc34)c3ccccc23)c2ccccc12.[Li+]. The van der Waals surface area contributed by atoms with Gasteiger partial charge in [0, 0.05) is 44.0 Å². The zero-order valence-electron chi connectivity index (χ0n) is 34.5. The Morgan fingerprint density at radius 3 is 1.32 bits per heavy atom. The minimum Gasteiger partial charge on any atom is -0.382 e. The van der Waals surface area contributed by atoms with Gasteiger partial charge in [-0.3, -0.25) is 0 Å². The van der Waals surface area contributed by atoms with E-state index >= 15 is 0 Å². The Hall–Kier alpha value is -6.26. The molecule has 290 valence electrons. The molecule has 7 nitrogen and oxygen atoms in total. The first-order valence-corrected chi connectivity index (χ1v) is 20.7. The van der Waals surface area contributed by atoms with Gasteiger partial charge in [-0.05, 0) is 84.5 Å². The van der Waals surface area contributed by atoms with Crippen molar-refractivity contribution in [2.24, 2.45) is 30.7 Å². The molecule has 1 aliphatic carbocycles. The van der Waals surface area contributed by atoms with Crippen LogP contribution >= 0.6 is 0 Å². The number of anilines is 1. The average Bonchev–Trinajstić information content (AvgIpc) is 3.30. The van der Waals surface area contributed by atoms with Crippen molar-refractivity contribution >= 4 is 72.1 Å². The Labute approximate surface area is 364 Å². The van der Waals surface area contributed by atoms with Gasteiger partial charge in [0.05, 0.1) is 34.1 Å². The van der Waals surface area contributed by atoms with Gasteiger partial charge in [-0.25, -0.2) is 0 Å². The number of rotatable bonds is 11. The zero-order valence-corrected chi connectivity index (χ0v) is 34.5. The van der Waals surface area contributed by atoms with Crippen molar-refractivity contribution in [2.45, 2.75) is 57.9 Å². The molecule has 1 saturated carbocycles. The molecule has 0 radical (unpaired) electrons.